The van der Waals surface area contributed by atoms with E-state index in [0.29, 0.717) is 5.56 Å². The van der Waals surface area contributed by atoms with Gasteiger partial charge in [0.25, 0.3) is 0 Å². The molecule has 0 heterocycles. The van der Waals surface area contributed by atoms with Crippen LogP contribution >= 0.6 is 0 Å². The van der Waals surface area contributed by atoms with Crippen molar-refractivity contribution in [3.8, 4) is 0 Å². The van der Waals surface area contributed by atoms with Crippen molar-refractivity contribution < 1.29 is 13.2 Å². The third kappa shape index (κ3) is 2.30. The summed E-state index contributed by atoms with van der Waals surface area (Å²) in [5, 5.41) is 6.08. The Morgan fingerprint density at radius 3 is 2.00 bits per heavy atom. The standard InChI is InChI=1S/C19H14F3N/c20-19(21,22)10-16(23)14-8-6-13-5-4-11-2-1-3-12-7-9-15(14)18(13)17(11)12/h1-9,16H,10,23H2/t16-/m0/s1. The van der Waals surface area contributed by atoms with Gasteiger partial charge in [-0.15, -0.1) is 0 Å². The molecule has 0 fully saturated rings. The van der Waals surface area contributed by atoms with E-state index in [2.05, 4.69) is 0 Å². The summed E-state index contributed by atoms with van der Waals surface area (Å²) in [5.74, 6) is 0. The Labute approximate surface area is 130 Å². The molecule has 4 aromatic rings. The topological polar surface area (TPSA) is 26.0 Å². The lowest BCUT2D eigenvalue weighted by molar-refractivity contribution is -0.138. The van der Waals surface area contributed by atoms with Crippen LogP contribution < -0.4 is 5.73 Å². The monoisotopic (exact) mass is 313 g/mol. The Hall–Kier alpha value is -2.33. The molecule has 0 aliphatic carbocycles. The largest absolute Gasteiger partial charge is 0.390 e. The van der Waals surface area contributed by atoms with Crippen LogP contribution in [0.1, 0.15) is 18.0 Å². The Balaban J connectivity index is 2.03. The molecule has 1 nitrogen and oxygen atoms in total. The first-order chi connectivity index (χ1) is 10.9. The van der Waals surface area contributed by atoms with E-state index in [0.717, 1.165) is 32.3 Å². The Bertz CT molecular complexity index is 988. The van der Waals surface area contributed by atoms with E-state index in [-0.39, 0.29) is 0 Å². The molecule has 0 radical (unpaired) electrons. The summed E-state index contributed by atoms with van der Waals surface area (Å²) in [5.41, 5.74) is 6.41. The van der Waals surface area contributed by atoms with Gasteiger partial charge in [-0.1, -0.05) is 54.6 Å². The van der Waals surface area contributed by atoms with Crippen LogP contribution in [0.4, 0.5) is 13.2 Å². The Morgan fingerprint density at radius 1 is 0.783 bits per heavy atom. The van der Waals surface area contributed by atoms with Crippen molar-refractivity contribution in [2.24, 2.45) is 5.73 Å². The number of rotatable bonds is 2. The third-order valence-corrected chi connectivity index (χ3v) is 4.41. The molecule has 1 atom stereocenters. The van der Waals surface area contributed by atoms with Crippen LogP contribution in [-0.2, 0) is 0 Å². The van der Waals surface area contributed by atoms with E-state index < -0.39 is 18.6 Å². The van der Waals surface area contributed by atoms with Crippen molar-refractivity contribution in [3.05, 3.63) is 60.2 Å². The second-order valence-corrected chi connectivity index (χ2v) is 5.94. The van der Waals surface area contributed by atoms with Gasteiger partial charge in [-0.25, -0.2) is 0 Å². The van der Waals surface area contributed by atoms with Crippen LogP contribution in [0.15, 0.2) is 54.6 Å². The molecule has 2 N–H and O–H groups in total. The number of hydrogen-bond acceptors (Lipinski definition) is 1. The average molecular weight is 313 g/mol. The van der Waals surface area contributed by atoms with E-state index in [9.17, 15) is 13.2 Å². The fourth-order valence-electron chi connectivity index (χ4n) is 3.44. The fraction of sp³-hybridized carbons (Fsp3) is 0.158. The second-order valence-electron chi connectivity index (χ2n) is 5.94. The van der Waals surface area contributed by atoms with E-state index in [1.54, 1.807) is 6.07 Å². The Kier molecular flexibility index (Phi) is 3.00. The van der Waals surface area contributed by atoms with Crippen LogP contribution in [0.5, 0.6) is 0 Å². The van der Waals surface area contributed by atoms with Crippen molar-refractivity contribution in [2.45, 2.75) is 18.6 Å². The minimum Gasteiger partial charge on any atom is -0.324 e. The molecule has 4 aromatic carbocycles. The summed E-state index contributed by atoms with van der Waals surface area (Å²) in [6.07, 6.45) is -5.29. The fourth-order valence-corrected chi connectivity index (χ4v) is 3.44. The van der Waals surface area contributed by atoms with Crippen molar-refractivity contribution in [3.63, 3.8) is 0 Å². The van der Waals surface area contributed by atoms with Crippen molar-refractivity contribution in [2.75, 3.05) is 0 Å². The molecule has 0 aliphatic heterocycles. The molecular weight excluding hydrogens is 299 g/mol. The van der Waals surface area contributed by atoms with Crippen molar-refractivity contribution in [1.29, 1.82) is 0 Å². The van der Waals surface area contributed by atoms with Crippen molar-refractivity contribution >= 4 is 32.3 Å². The summed E-state index contributed by atoms with van der Waals surface area (Å²) in [7, 11) is 0. The molecule has 4 heteroatoms. The summed E-state index contributed by atoms with van der Waals surface area (Å²) in [4.78, 5) is 0. The van der Waals surface area contributed by atoms with Gasteiger partial charge in [0, 0.05) is 6.04 Å². The van der Waals surface area contributed by atoms with E-state index in [4.69, 9.17) is 5.73 Å². The molecule has 0 spiro atoms. The van der Waals surface area contributed by atoms with Crippen molar-refractivity contribution in [1.82, 2.24) is 0 Å². The van der Waals surface area contributed by atoms with Gasteiger partial charge < -0.3 is 5.73 Å². The third-order valence-electron chi connectivity index (χ3n) is 4.41. The maximum Gasteiger partial charge on any atom is 0.390 e. The highest BCUT2D eigenvalue weighted by atomic mass is 19.4. The highest BCUT2D eigenvalue weighted by Gasteiger charge is 2.31. The van der Waals surface area contributed by atoms with E-state index in [1.165, 1.54) is 0 Å². The quantitative estimate of drug-likeness (QED) is 0.483. The summed E-state index contributed by atoms with van der Waals surface area (Å²) < 4.78 is 38.1. The minimum atomic E-state index is -4.27. The van der Waals surface area contributed by atoms with Gasteiger partial charge in [-0.3, -0.25) is 0 Å². The summed E-state index contributed by atoms with van der Waals surface area (Å²) in [6.45, 7) is 0. The van der Waals surface area contributed by atoms with Crippen LogP contribution in [0, 0.1) is 0 Å². The highest BCUT2D eigenvalue weighted by molar-refractivity contribution is 6.23. The van der Waals surface area contributed by atoms with Gasteiger partial charge in [0.15, 0.2) is 0 Å². The number of hydrogen-bond donors (Lipinski definition) is 1. The van der Waals surface area contributed by atoms with Gasteiger partial charge >= 0.3 is 6.18 Å². The van der Waals surface area contributed by atoms with Gasteiger partial charge in [0.05, 0.1) is 6.42 Å². The molecule has 0 saturated carbocycles. The second kappa shape index (κ2) is 4.83. The molecule has 0 amide bonds. The summed E-state index contributed by atoms with van der Waals surface area (Å²) >= 11 is 0. The summed E-state index contributed by atoms with van der Waals surface area (Å²) in [6, 6.07) is 16.4. The molecule has 0 aromatic heterocycles. The molecule has 0 bridgehead atoms. The first-order valence-corrected chi connectivity index (χ1v) is 7.43. The van der Waals surface area contributed by atoms with Gasteiger partial charge in [0.2, 0.25) is 0 Å². The van der Waals surface area contributed by atoms with Gasteiger partial charge in [-0.2, -0.15) is 13.2 Å². The molecule has 0 unspecified atom stereocenters. The number of halogens is 3. The maximum absolute atomic E-state index is 12.7. The lowest BCUT2D eigenvalue weighted by atomic mass is 9.89. The molecule has 4 rings (SSSR count). The normalized spacial score (nSPS) is 14.1. The SMILES string of the molecule is N[C@@H](CC(F)(F)F)c1ccc2ccc3cccc4ccc1c2c34. The van der Waals surface area contributed by atoms with Crippen LogP contribution in [-0.4, -0.2) is 6.18 Å². The predicted octanol–water partition coefficient (Wildman–Crippen LogP) is 5.54. The number of nitrogens with two attached hydrogens (primary N) is 1. The lowest BCUT2D eigenvalue weighted by Gasteiger charge is -2.19. The average Bonchev–Trinajstić information content (AvgIpc) is 2.50. The molecule has 0 aliphatic rings. The number of benzene rings is 4. The predicted molar refractivity (Wildman–Crippen MR) is 87.7 cm³/mol. The first kappa shape index (κ1) is 14.3. The highest BCUT2D eigenvalue weighted by Crippen LogP contribution is 2.38. The first-order valence-electron chi connectivity index (χ1n) is 7.43. The number of alkyl halides is 3. The zero-order chi connectivity index (χ0) is 16.2. The van der Waals surface area contributed by atoms with E-state index in [1.807, 2.05) is 48.5 Å². The van der Waals surface area contributed by atoms with Crippen LogP contribution in [0.3, 0.4) is 0 Å². The minimum absolute atomic E-state index is 0.549. The Morgan fingerprint density at radius 2 is 1.35 bits per heavy atom. The molecule has 0 saturated heterocycles. The molecule has 23 heavy (non-hydrogen) atoms. The molecule has 116 valence electrons. The van der Waals surface area contributed by atoms with Gasteiger partial charge in [0.1, 0.15) is 0 Å². The lowest BCUT2D eigenvalue weighted by Crippen LogP contribution is -2.20. The van der Waals surface area contributed by atoms with Gasteiger partial charge in [-0.05, 0) is 37.9 Å². The van der Waals surface area contributed by atoms with E-state index >= 15 is 0 Å². The van der Waals surface area contributed by atoms with Crippen LogP contribution in [0.25, 0.3) is 32.3 Å². The molecular formula is C19H14F3N. The van der Waals surface area contributed by atoms with Crippen LogP contribution in [0.2, 0.25) is 0 Å². The zero-order valence-corrected chi connectivity index (χ0v) is 12.2. The zero-order valence-electron chi connectivity index (χ0n) is 12.2. The maximum atomic E-state index is 12.7. The smallest absolute Gasteiger partial charge is 0.324 e.